The Hall–Kier alpha value is -3.18. The van der Waals surface area contributed by atoms with E-state index in [9.17, 15) is 13.2 Å². The molecule has 2 aromatic rings. The Balaban J connectivity index is 1.85. The van der Waals surface area contributed by atoms with Crippen LogP contribution < -0.4 is 11.0 Å². The number of rotatable bonds is 9. The molecule has 0 aliphatic heterocycles. The maximum absolute atomic E-state index is 12.2. The molecule has 1 aromatic heterocycles. The molecule has 1 heterocycles. The smallest absolute Gasteiger partial charge is 0.250 e. The van der Waals surface area contributed by atoms with E-state index in [0.29, 0.717) is 34.8 Å². The third-order valence-corrected chi connectivity index (χ3v) is 7.03. The lowest BCUT2D eigenvalue weighted by Gasteiger charge is -2.10. The summed E-state index contributed by atoms with van der Waals surface area (Å²) in [7, 11) is -3.16. The molecule has 1 fully saturated rings. The van der Waals surface area contributed by atoms with Crippen LogP contribution in [0.3, 0.4) is 0 Å². The molecule has 1 aliphatic rings. The summed E-state index contributed by atoms with van der Waals surface area (Å²) in [6, 6.07) is 8.12. The van der Waals surface area contributed by atoms with E-state index in [-0.39, 0.29) is 16.6 Å². The Morgan fingerprint density at radius 3 is 2.77 bits per heavy atom. The molecular weight excluding hydrogens is 400 g/mol. The average molecular weight is 425 g/mol. The minimum atomic E-state index is -3.16. The van der Waals surface area contributed by atoms with Gasteiger partial charge in [0.15, 0.2) is 15.5 Å². The summed E-state index contributed by atoms with van der Waals surface area (Å²) < 4.78 is 26.1. The average Bonchev–Trinajstić information content (AvgIpc) is 3.57. The van der Waals surface area contributed by atoms with Crippen molar-refractivity contribution in [3.05, 3.63) is 82.1 Å². The van der Waals surface area contributed by atoms with Crippen LogP contribution in [0, 0.1) is 6.57 Å². The quantitative estimate of drug-likeness (QED) is 0.376. The monoisotopic (exact) mass is 424 g/mol. The first kappa shape index (κ1) is 21.5. The predicted molar refractivity (Wildman–Crippen MR) is 120 cm³/mol. The summed E-state index contributed by atoms with van der Waals surface area (Å²) >= 11 is 0. The lowest BCUT2D eigenvalue weighted by Crippen LogP contribution is -2.18. The highest BCUT2D eigenvalue weighted by molar-refractivity contribution is 7.91. The number of pyridine rings is 1. The van der Waals surface area contributed by atoms with E-state index in [1.165, 1.54) is 12.1 Å². The molecule has 0 saturated heterocycles. The minimum Gasteiger partial charge on any atom is -0.313 e. The number of benzene rings is 1. The Kier molecular flexibility index (Phi) is 6.53. The van der Waals surface area contributed by atoms with Gasteiger partial charge in [-0.15, -0.1) is 0 Å². The molecule has 0 unspecified atom stereocenters. The lowest BCUT2D eigenvalue weighted by atomic mass is 10.1. The molecule has 3 rings (SSSR count). The third-order valence-electron chi connectivity index (χ3n) is 4.81. The van der Waals surface area contributed by atoms with Crippen molar-refractivity contribution in [1.82, 2.24) is 4.57 Å². The molecular formula is C22H24N4O3S. The van der Waals surface area contributed by atoms with Crippen LogP contribution in [0.15, 0.2) is 59.1 Å². The van der Waals surface area contributed by atoms with E-state index in [4.69, 9.17) is 6.57 Å². The van der Waals surface area contributed by atoms with Gasteiger partial charge in [0.05, 0.1) is 29.0 Å². The van der Waals surface area contributed by atoms with Crippen molar-refractivity contribution in [2.24, 2.45) is 5.10 Å². The van der Waals surface area contributed by atoms with Crippen molar-refractivity contribution in [2.75, 3.05) is 5.43 Å². The summed E-state index contributed by atoms with van der Waals surface area (Å²) in [5.41, 5.74) is 5.38. The van der Waals surface area contributed by atoms with Crippen LogP contribution in [0.1, 0.15) is 37.3 Å². The van der Waals surface area contributed by atoms with Gasteiger partial charge in [0.25, 0.3) is 5.56 Å². The lowest BCUT2D eigenvalue weighted by molar-refractivity contribution is 0.594. The number of anilines is 1. The largest absolute Gasteiger partial charge is 0.313 e. The second kappa shape index (κ2) is 9.09. The fourth-order valence-electron chi connectivity index (χ4n) is 3.11. The Labute approximate surface area is 176 Å². The van der Waals surface area contributed by atoms with E-state index in [1.54, 1.807) is 35.0 Å². The Bertz CT molecular complexity index is 1190. The molecule has 1 saturated carbocycles. The number of allylic oxidation sites excluding steroid dienone is 1. The molecule has 156 valence electrons. The first-order valence-electron chi connectivity index (χ1n) is 9.77. The van der Waals surface area contributed by atoms with Crippen molar-refractivity contribution >= 4 is 26.9 Å². The van der Waals surface area contributed by atoms with Gasteiger partial charge < -0.3 is 4.57 Å². The van der Waals surface area contributed by atoms with Crippen molar-refractivity contribution in [3.63, 3.8) is 0 Å². The predicted octanol–water partition coefficient (Wildman–Crippen LogP) is 3.89. The van der Waals surface area contributed by atoms with Crippen LogP contribution >= 0.6 is 0 Å². The van der Waals surface area contributed by atoms with E-state index in [2.05, 4.69) is 22.0 Å². The maximum atomic E-state index is 12.2. The first-order chi connectivity index (χ1) is 14.4. The van der Waals surface area contributed by atoms with Crippen molar-refractivity contribution in [1.29, 1.82) is 0 Å². The minimum absolute atomic E-state index is 0.0573. The topological polar surface area (TPSA) is 84.9 Å². The third kappa shape index (κ3) is 5.05. The number of hydrazone groups is 1. The number of nitrogens with one attached hydrogen (secondary N) is 1. The second-order valence-corrected chi connectivity index (χ2v) is 9.51. The highest BCUT2D eigenvalue weighted by Gasteiger charge is 2.35. The van der Waals surface area contributed by atoms with Crippen LogP contribution in [-0.4, -0.2) is 23.9 Å². The molecule has 1 aliphatic carbocycles. The SMILES string of the molecule is [C-]#[N+]c1cc(CS(=O)(=O)C2CC2)ccc1/C(C=C)=N/Nc1ccc(=O)n(CCC)c1. The van der Waals surface area contributed by atoms with Crippen LogP contribution in [0.4, 0.5) is 11.4 Å². The van der Waals surface area contributed by atoms with Gasteiger partial charge in [0.1, 0.15) is 0 Å². The standard InChI is InChI=1S/C22H24N4O3S/c1-4-12-26-14-17(7-11-22(26)27)24-25-20(5-2)19-10-6-16(13-21(19)23-3)15-30(28,29)18-8-9-18/h5-7,10-11,13-14,18,24H,2,4,8-9,12,15H2,1H3/b25-20+. The van der Waals surface area contributed by atoms with Crippen molar-refractivity contribution in [2.45, 2.75) is 43.7 Å². The summed E-state index contributed by atoms with van der Waals surface area (Å²) in [6.07, 6.45) is 5.50. The molecule has 0 atom stereocenters. The maximum Gasteiger partial charge on any atom is 0.250 e. The zero-order valence-electron chi connectivity index (χ0n) is 16.8. The highest BCUT2D eigenvalue weighted by Crippen LogP contribution is 2.32. The van der Waals surface area contributed by atoms with E-state index in [1.807, 2.05) is 6.92 Å². The molecule has 0 bridgehead atoms. The van der Waals surface area contributed by atoms with Gasteiger partial charge in [-0.25, -0.2) is 13.3 Å². The summed E-state index contributed by atoms with van der Waals surface area (Å²) in [5.74, 6) is -0.0573. The first-order valence-corrected chi connectivity index (χ1v) is 11.5. The van der Waals surface area contributed by atoms with Gasteiger partial charge in [-0.2, -0.15) is 5.10 Å². The fourth-order valence-corrected chi connectivity index (χ4v) is 4.84. The van der Waals surface area contributed by atoms with Crippen molar-refractivity contribution < 1.29 is 8.42 Å². The van der Waals surface area contributed by atoms with Gasteiger partial charge in [-0.3, -0.25) is 10.2 Å². The summed E-state index contributed by atoms with van der Waals surface area (Å²) in [6.45, 7) is 13.9. The number of hydrogen-bond acceptors (Lipinski definition) is 5. The van der Waals surface area contributed by atoms with Crippen LogP contribution in [0.5, 0.6) is 0 Å². The number of hydrogen-bond donors (Lipinski definition) is 1. The Morgan fingerprint density at radius 1 is 1.37 bits per heavy atom. The van der Waals surface area contributed by atoms with Gasteiger partial charge in [-0.05, 0) is 37.0 Å². The van der Waals surface area contributed by atoms with Crippen molar-refractivity contribution in [3.8, 4) is 0 Å². The molecule has 0 spiro atoms. The van der Waals surface area contributed by atoms with Gasteiger partial charge in [-0.1, -0.05) is 31.7 Å². The zero-order valence-corrected chi connectivity index (χ0v) is 17.7. The molecule has 8 heteroatoms. The van der Waals surface area contributed by atoms with E-state index < -0.39 is 9.84 Å². The van der Waals surface area contributed by atoms with Gasteiger partial charge >= 0.3 is 0 Å². The van der Waals surface area contributed by atoms with E-state index >= 15 is 0 Å². The van der Waals surface area contributed by atoms with Crippen LogP contribution in [0.2, 0.25) is 0 Å². The van der Waals surface area contributed by atoms with Gasteiger partial charge in [0, 0.05) is 24.4 Å². The molecule has 30 heavy (non-hydrogen) atoms. The molecule has 1 N–H and O–H groups in total. The molecule has 0 amide bonds. The highest BCUT2D eigenvalue weighted by atomic mass is 32.2. The number of nitrogens with zero attached hydrogens (tertiary/aromatic N) is 3. The molecule has 7 nitrogen and oxygen atoms in total. The summed E-state index contributed by atoms with van der Waals surface area (Å²) in [4.78, 5) is 15.4. The summed E-state index contributed by atoms with van der Waals surface area (Å²) in [5, 5.41) is 4.10. The molecule has 1 aromatic carbocycles. The fraction of sp³-hybridized carbons (Fsp3) is 0.318. The normalized spacial score (nSPS) is 14.2. The molecule has 0 radical (unpaired) electrons. The Morgan fingerprint density at radius 2 is 2.13 bits per heavy atom. The van der Waals surface area contributed by atoms with Crippen LogP contribution in [0.25, 0.3) is 4.85 Å². The number of sulfone groups is 1. The second-order valence-electron chi connectivity index (χ2n) is 7.23. The number of aromatic nitrogens is 1. The number of aryl methyl sites for hydroxylation is 1. The van der Waals surface area contributed by atoms with Crippen LogP contribution in [-0.2, 0) is 22.1 Å². The zero-order chi connectivity index (χ0) is 21.7. The van der Waals surface area contributed by atoms with Gasteiger partial charge in [0.2, 0.25) is 0 Å². The van der Waals surface area contributed by atoms with E-state index in [0.717, 1.165) is 19.3 Å².